The zero-order valence-corrected chi connectivity index (χ0v) is 14.5. The first kappa shape index (κ1) is 17.2. The molecule has 6 nitrogen and oxygen atoms in total. The summed E-state index contributed by atoms with van der Waals surface area (Å²) in [5.41, 5.74) is 0. The number of methoxy groups -OCH3 is 1. The van der Waals surface area contributed by atoms with Gasteiger partial charge in [-0.15, -0.1) is 24.0 Å². The third-order valence-electron chi connectivity index (χ3n) is 3.38. The zero-order chi connectivity index (χ0) is 13.5. The van der Waals surface area contributed by atoms with Crippen LogP contribution in [0.25, 0.3) is 0 Å². The number of aliphatic imine (C=N–C) groups is 1. The Hall–Kier alpha value is -0.830. The summed E-state index contributed by atoms with van der Waals surface area (Å²) >= 11 is 0. The molecule has 114 valence electrons. The van der Waals surface area contributed by atoms with Crippen LogP contribution in [0.4, 0.5) is 0 Å². The Morgan fingerprint density at radius 3 is 3.05 bits per heavy atom. The highest BCUT2D eigenvalue weighted by molar-refractivity contribution is 14.0. The molecule has 1 saturated heterocycles. The molecular weight excluding hydrogens is 369 g/mol. The highest BCUT2D eigenvalue weighted by atomic mass is 127. The summed E-state index contributed by atoms with van der Waals surface area (Å²) in [7, 11) is 3.60. The lowest BCUT2D eigenvalue weighted by Gasteiger charge is -2.21. The number of aromatic nitrogens is 2. The van der Waals surface area contributed by atoms with Crippen LogP contribution in [0.5, 0.6) is 0 Å². The van der Waals surface area contributed by atoms with Crippen molar-refractivity contribution >= 4 is 29.9 Å². The number of ether oxygens (including phenoxy) is 1. The van der Waals surface area contributed by atoms with Crippen molar-refractivity contribution in [1.82, 2.24) is 20.0 Å². The second-order valence-corrected chi connectivity index (χ2v) is 4.80. The number of likely N-dealkylation sites (tertiary alicyclic amines) is 1. The van der Waals surface area contributed by atoms with Gasteiger partial charge in [0.15, 0.2) is 5.96 Å². The Kier molecular flexibility index (Phi) is 7.90. The van der Waals surface area contributed by atoms with Gasteiger partial charge in [0, 0.05) is 52.1 Å². The predicted octanol–water partition coefficient (Wildman–Crippen LogP) is 1.04. The van der Waals surface area contributed by atoms with E-state index in [1.54, 1.807) is 13.3 Å². The molecule has 7 heteroatoms. The van der Waals surface area contributed by atoms with E-state index in [-0.39, 0.29) is 24.0 Å². The van der Waals surface area contributed by atoms with Crippen molar-refractivity contribution in [2.24, 2.45) is 10.9 Å². The van der Waals surface area contributed by atoms with Gasteiger partial charge in [-0.1, -0.05) is 0 Å². The van der Waals surface area contributed by atoms with E-state index in [9.17, 15) is 0 Å². The monoisotopic (exact) mass is 393 g/mol. The van der Waals surface area contributed by atoms with Gasteiger partial charge in [0.25, 0.3) is 0 Å². The van der Waals surface area contributed by atoms with Crippen molar-refractivity contribution in [3.8, 4) is 0 Å². The summed E-state index contributed by atoms with van der Waals surface area (Å²) in [4.78, 5) is 6.64. The summed E-state index contributed by atoms with van der Waals surface area (Å²) in [5.74, 6) is 1.60. The van der Waals surface area contributed by atoms with Crippen molar-refractivity contribution in [2.45, 2.75) is 13.0 Å². The first-order chi connectivity index (χ1) is 9.33. The number of halogens is 1. The quantitative estimate of drug-likeness (QED) is 0.462. The van der Waals surface area contributed by atoms with E-state index in [0.29, 0.717) is 5.92 Å². The van der Waals surface area contributed by atoms with Crippen molar-refractivity contribution in [3.05, 3.63) is 18.5 Å². The standard InChI is InChI=1S/C13H23N5O.HI/c1-14-13(15-6-9-18-7-3-5-16-18)17-8-4-12(10-17)11-19-2;/h3,5,7,12H,4,6,8-11H2,1-2H3,(H,14,15);1H. The maximum atomic E-state index is 5.22. The lowest BCUT2D eigenvalue weighted by atomic mass is 10.1. The van der Waals surface area contributed by atoms with Gasteiger partial charge in [-0.3, -0.25) is 9.67 Å². The summed E-state index contributed by atoms with van der Waals surface area (Å²) in [6, 6.07) is 1.94. The van der Waals surface area contributed by atoms with Gasteiger partial charge in [0.2, 0.25) is 0 Å². The molecule has 0 aromatic carbocycles. The van der Waals surface area contributed by atoms with E-state index in [1.807, 2.05) is 24.0 Å². The molecule has 2 rings (SSSR count). The van der Waals surface area contributed by atoms with Gasteiger partial charge in [-0.2, -0.15) is 5.10 Å². The molecule has 1 atom stereocenters. The second kappa shape index (κ2) is 9.17. The van der Waals surface area contributed by atoms with E-state index in [1.165, 1.54) is 6.42 Å². The molecular formula is C13H24IN5O. The molecule has 1 unspecified atom stereocenters. The molecule has 1 aliphatic rings. The second-order valence-electron chi connectivity index (χ2n) is 4.80. The van der Waals surface area contributed by atoms with Crippen molar-refractivity contribution < 1.29 is 4.74 Å². The van der Waals surface area contributed by atoms with Crippen LogP contribution in [-0.4, -0.2) is 61.0 Å². The lowest BCUT2D eigenvalue weighted by molar-refractivity contribution is 0.157. The molecule has 0 amide bonds. The Balaban J connectivity index is 0.00000200. The van der Waals surface area contributed by atoms with Gasteiger partial charge in [-0.05, 0) is 12.5 Å². The average Bonchev–Trinajstić information content (AvgIpc) is 3.06. The number of hydrogen-bond acceptors (Lipinski definition) is 3. The lowest BCUT2D eigenvalue weighted by Crippen LogP contribution is -2.41. The van der Waals surface area contributed by atoms with Crippen LogP contribution in [0.3, 0.4) is 0 Å². The van der Waals surface area contributed by atoms with Crippen LogP contribution in [0.15, 0.2) is 23.5 Å². The van der Waals surface area contributed by atoms with Crippen molar-refractivity contribution in [3.63, 3.8) is 0 Å². The molecule has 1 aromatic heterocycles. The molecule has 1 fully saturated rings. The summed E-state index contributed by atoms with van der Waals surface area (Å²) < 4.78 is 7.13. The first-order valence-corrected chi connectivity index (χ1v) is 6.75. The van der Waals surface area contributed by atoms with E-state index >= 15 is 0 Å². The minimum absolute atomic E-state index is 0. The fourth-order valence-electron chi connectivity index (χ4n) is 2.44. The molecule has 0 aliphatic carbocycles. The number of hydrogen-bond donors (Lipinski definition) is 1. The molecule has 0 spiro atoms. The maximum absolute atomic E-state index is 5.22. The Morgan fingerprint density at radius 2 is 2.40 bits per heavy atom. The maximum Gasteiger partial charge on any atom is 0.193 e. The van der Waals surface area contributed by atoms with Crippen LogP contribution < -0.4 is 5.32 Å². The topological polar surface area (TPSA) is 54.7 Å². The molecule has 2 heterocycles. The highest BCUT2D eigenvalue weighted by Crippen LogP contribution is 2.16. The number of guanidine groups is 1. The van der Waals surface area contributed by atoms with Crippen LogP contribution in [0, 0.1) is 5.92 Å². The van der Waals surface area contributed by atoms with Crippen LogP contribution in [0.1, 0.15) is 6.42 Å². The zero-order valence-electron chi connectivity index (χ0n) is 12.2. The normalized spacial score (nSPS) is 19.0. The number of nitrogens with zero attached hydrogens (tertiary/aromatic N) is 4. The third kappa shape index (κ3) is 4.93. The molecule has 1 N–H and O–H groups in total. The summed E-state index contributed by atoms with van der Waals surface area (Å²) in [6.07, 6.45) is 4.94. The SMILES string of the molecule is CN=C(NCCn1cccn1)N1CCC(COC)C1.I. The van der Waals surface area contributed by atoms with Gasteiger partial charge in [-0.25, -0.2) is 0 Å². The van der Waals surface area contributed by atoms with Crippen LogP contribution in [-0.2, 0) is 11.3 Å². The highest BCUT2D eigenvalue weighted by Gasteiger charge is 2.24. The number of rotatable bonds is 5. The van der Waals surface area contributed by atoms with E-state index < -0.39 is 0 Å². The molecule has 0 bridgehead atoms. The van der Waals surface area contributed by atoms with Crippen molar-refractivity contribution in [2.75, 3.05) is 40.4 Å². The predicted molar refractivity (Wildman–Crippen MR) is 90.6 cm³/mol. The minimum Gasteiger partial charge on any atom is -0.384 e. The Morgan fingerprint density at radius 1 is 1.55 bits per heavy atom. The fraction of sp³-hybridized carbons (Fsp3) is 0.692. The minimum atomic E-state index is 0. The summed E-state index contributed by atoms with van der Waals surface area (Å²) in [6.45, 7) is 4.59. The first-order valence-electron chi connectivity index (χ1n) is 6.75. The summed E-state index contributed by atoms with van der Waals surface area (Å²) in [5, 5.41) is 7.57. The molecule has 0 saturated carbocycles. The van der Waals surface area contributed by atoms with Gasteiger partial charge in [0.1, 0.15) is 0 Å². The molecule has 1 aromatic rings. The van der Waals surface area contributed by atoms with Crippen molar-refractivity contribution in [1.29, 1.82) is 0 Å². The molecule has 20 heavy (non-hydrogen) atoms. The third-order valence-corrected chi connectivity index (χ3v) is 3.38. The number of nitrogens with one attached hydrogen (secondary N) is 1. The fourth-order valence-corrected chi connectivity index (χ4v) is 2.44. The van der Waals surface area contributed by atoms with Crippen LogP contribution in [0.2, 0.25) is 0 Å². The van der Waals surface area contributed by atoms with Gasteiger partial charge >= 0.3 is 0 Å². The Labute approximate surface area is 137 Å². The Bertz CT molecular complexity index is 395. The van der Waals surface area contributed by atoms with E-state index in [2.05, 4.69) is 20.3 Å². The van der Waals surface area contributed by atoms with E-state index in [4.69, 9.17) is 4.74 Å². The van der Waals surface area contributed by atoms with Gasteiger partial charge in [0.05, 0.1) is 13.2 Å². The van der Waals surface area contributed by atoms with E-state index in [0.717, 1.165) is 38.7 Å². The molecule has 1 aliphatic heterocycles. The average molecular weight is 393 g/mol. The smallest absolute Gasteiger partial charge is 0.193 e. The molecule has 0 radical (unpaired) electrons. The largest absolute Gasteiger partial charge is 0.384 e. The van der Waals surface area contributed by atoms with Crippen LogP contribution >= 0.6 is 24.0 Å². The van der Waals surface area contributed by atoms with Gasteiger partial charge < -0.3 is 15.0 Å².